The summed E-state index contributed by atoms with van der Waals surface area (Å²) in [5.74, 6) is -0.0287. The highest BCUT2D eigenvalue weighted by Crippen LogP contribution is 2.23. The predicted molar refractivity (Wildman–Crippen MR) is 96.1 cm³/mol. The van der Waals surface area contributed by atoms with E-state index in [4.69, 9.17) is 0 Å². The maximum Gasteiger partial charge on any atom is 0.318 e. The molecule has 6 heteroatoms. The third-order valence-corrected chi connectivity index (χ3v) is 4.46. The second kappa shape index (κ2) is 7.79. The van der Waals surface area contributed by atoms with Crippen molar-refractivity contribution in [2.24, 2.45) is 0 Å². The number of rotatable bonds is 4. The number of nitrogens with zero attached hydrogens (tertiary/aromatic N) is 3. The second-order valence-electron chi connectivity index (χ2n) is 6.11. The molecule has 0 spiro atoms. The minimum Gasteiger partial charge on any atom is -0.334 e. The van der Waals surface area contributed by atoms with E-state index in [1.165, 1.54) is 4.90 Å². The van der Waals surface area contributed by atoms with E-state index in [0.717, 1.165) is 17.7 Å². The number of piperidine rings is 1. The maximum absolute atomic E-state index is 12.8. The second-order valence-corrected chi connectivity index (χ2v) is 6.11. The number of benzene rings is 1. The van der Waals surface area contributed by atoms with E-state index in [1.807, 2.05) is 42.5 Å². The molecular formula is C19H22N4O2. The Morgan fingerprint density at radius 1 is 1.24 bits per heavy atom. The van der Waals surface area contributed by atoms with Gasteiger partial charge in [-0.25, -0.2) is 4.79 Å². The van der Waals surface area contributed by atoms with Crippen molar-refractivity contribution >= 4 is 17.6 Å². The highest BCUT2D eigenvalue weighted by Gasteiger charge is 2.34. The molecule has 2 aromatic rings. The summed E-state index contributed by atoms with van der Waals surface area (Å²) in [7, 11) is 1.68. The average molecular weight is 338 g/mol. The first-order valence-electron chi connectivity index (χ1n) is 8.43. The van der Waals surface area contributed by atoms with Crippen LogP contribution in [0.1, 0.15) is 18.4 Å². The van der Waals surface area contributed by atoms with Crippen molar-refractivity contribution in [3.63, 3.8) is 0 Å². The lowest BCUT2D eigenvalue weighted by atomic mass is 10.0. The SMILES string of the molecule is CN(C(=O)NCc1ccncc1)[C@@H]1CCCN(c2ccccc2)C1=O. The molecule has 0 aliphatic carbocycles. The number of likely N-dealkylation sites (N-methyl/N-ethyl adjacent to an activating group) is 1. The van der Waals surface area contributed by atoms with E-state index in [9.17, 15) is 9.59 Å². The topological polar surface area (TPSA) is 65.5 Å². The van der Waals surface area contributed by atoms with Crippen LogP contribution in [0.25, 0.3) is 0 Å². The van der Waals surface area contributed by atoms with Gasteiger partial charge in [-0.05, 0) is 42.7 Å². The van der Waals surface area contributed by atoms with Crippen molar-refractivity contribution in [1.82, 2.24) is 15.2 Å². The number of nitrogens with one attached hydrogen (secondary N) is 1. The highest BCUT2D eigenvalue weighted by molar-refractivity contribution is 5.99. The Bertz CT molecular complexity index is 721. The van der Waals surface area contributed by atoms with Crippen LogP contribution in [0, 0.1) is 0 Å². The Kier molecular flexibility index (Phi) is 5.28. The number of urea groups is 1. The van der Waals surface area contributed by atoms with Crippen molar-refractivity contribution in [2.75, 3.05) is 18.5 Å². The highest BCUT2D eigenvalue weighted by atomic mass is 16.2. The van der Waals surface area contributed by atoms with Gasteiger partial charge in [0, 0.05) is 38.2 Å². The van der Waals surface area contributed by atoms with Gasteiger partial charge in [-0.2, -0.15) is 0 Å². The fraction of sp³-hybridized carbons (Fsp3) is 0.316. The van der Waals surface area contributed by atoms with Gasteiger partial charge in [0.1, 0.15) is 6.04 Å². The molecule has 1 aliphatic rings. The Balaban J connectivity index is 1.63. The minimum atomic E-state index is -0.439. The zero-order valence-electron chi connectivity index (χ0n) is 14.3. The summed E-state index contributed by atoms with van der Waals surface area (Å²) in [5.41, 5.74) is 1.85. The molecule has 0 unspecified atom stereocenters. The maximum atomic E-state index is 12.8. The lowest BCUT2D eigenvalue weighted by Crippen LogP contribution is -2.55. The molecule has 2 heterocycles. The summed E-state index contributed by atoms with van der Waals surface area (Å²) >= 11 is 0. The Labute approximate surface area is 147 Å². The molecular weight excluding hydrogens is 316 g/mol. The Morgan fingerprint density at radius 3 is 2.68 bits per heavy atom. The van der Waals surface area contributed by atoms with Gasteiger partial charge >= 0.3 is 6.03 Å². The van der Waals surface area contributed by atoms with Gasteiger partial charge < -0.3 is 15.1 Å². The molecule has 0 radical (unpaired) electrons. The van der Waals surface area contributed by atoms with E-state index in [-0.39, 0.29) is 11.9 Å². The number of para-hydroxylation sites is 1. The molecule has 25 heavy (non-hydrogen) atoms. The molecule has 130 valence electrons. The van der Waals surface area contributed by atoms with Gasteiger partial charge in [0.2, 0.25) is 5.91 Å². The fourth-order valence-electron chi connectivity index (χ4n) is 3.02. The van der Waals surface area contributed by atoms with E-state index >= 15 is 0 Å². The van der Waals surface area contributed by atoms with Crippen LogP contribution in [0.5, 0.6) is 0 Å². The van der Waals surface area contributed by atoms with Gasteiger partial charge in [0.15, 0.2) is 0 Å². The zero-order valence-corrected chi connectivity index (χ0v) is 14.3. The smallest absolute Gasteiger partial charge is 0.318 e. The number of hydrogen-bond donors (Lipinski definition) is 1. The van der Waals surface area contributed by atoms with E-state index < -0.39 is 6.04 Å². The number of pyridine rings is 1. The third-order valence-electron chi connectivity index (χ3n) is 4.46. The van der Waals surface area contributed by atoms with Crippen LogP contribution in [-0.4, -0.2) is 41.5 Å². The molecule has 1 aliphatic heterocycles. The van der Waals surface area contributed by atoms with Crippen molar-refractivity contribution in [1.29, 1.82) is 0 Å². The monoisotopic (exact) mass is 338 g/mol. The Hall–Kier alpha value is -2.89. The quantitative estimate of drug-likeness (QED) is 0.931. The molecule has 0 saturated carbocycles. The third kappa shape index (κ3) is 3.96. The molecule has 1 atom stereocenters. The number of anilines is 1. The number of hydrogen-bond acceptors (Lipinski definition) is 3. The van der Waals surface area contributed by atoms with Crippen molar-refractivity contribution in [3.8, 4) is 0 Å². The van der Waals surface area contributed by atoms with Crippen LogP contribution in [0.15, 0.2) is 54.9 Å². The van der Waals surface area contributed by atoms with Gasteiger partial charge in [-0.15, -0.1) is 0 Å². The summed E-state index contributed by atoms with van der Waals surface area (Å²) in [4.78, 5) is 32.5. The van der Waals surface area contributed by atoms with E-state index in [1.54, 1.807) is 24.3 Å². The van der Waals surface area contributed by atoms with Crippen LogP contribution in [-0.2, 0) is 11.3 Å². The van der Waals surface area contributed by atoms with Gasteiger partial charge in [-0.3, -0.25) is 9.78 Å². The number of aromatic nitrogens is 1. The first-order chi connectivity index (χ1) is 12.2. The molecule has 1 saturated heterocycles. The van der Waals surface area contributed by atoms with Gasteiger partial charge in [-0.1, -0.05) is 18.2 Å². The van der Waals surface area contributed by atoms with Gasteiger partial charge in [0.25, 0.3) is 0 Å². The molecule has 1 aromatic carbocycles. The summed E-state index contributed by atoms with van der Waals surface area (Å²) in [6.45, 7) is 1.10. The first-order valence-corrected chi connectivity index (χ1v) is 8.43. The average Bonchev–Trinajstić information content (AvgIpc) is 2.67. The normalized spacial score (nSPS) is 17.2. The number of carbonyl (C=O) groups excluding carboxylic acids is 2. The molecule has 6 nitrogen and oxygen atoms in total. The standard InChI is InChI=1S/C19H22N4O2/c1-22(19(25)21-14-15-9-11-20-12-10-15)17-8-5-13-23(18(17)24)16-6-3-2-4-7-16/h2-4,6-7,9-12,17H,5,8,13-14H2,1H3,(H,21,25)/t17-/m1/s1. The molecule has 3 amide bonds. The van der Waals surface area contributed by atoms with Crippen molar-refractivity contribution < 1.29 is 9.59 Å². The first kappa shape index (κ1) is 17.0. The summed E-state index contributed by atoms with van der Waals surface area (Å²) < 4.78 is 0. The minimum absolute atomic E-state index is 0.0287. The largest absolute Gasteiger partial charge is 0.334 e. The molecule has 0 bridgehead atoms. The summed E-state index contributed by atoms with van der Waals surface area (Å²) in [6, 6.07) is 12.6. The van der Waals surface area contributed by atoms with Crippen molar-refractivity contribution in [3.05, 3.63) is 60.4 Å². The number of amides is 3. The molecule has 1 N–H and O–H groups in total. The van der Waals surface area contributed by atoms with Crippen LogP contribution in [0.4, 0.5) is 10.5 Å². The number of carbonyl (C=O) groups is 2. The van der Waals surface area contributed by atoms with Gasteiger partial charge in [0.05, 0.1) is 0 Å². The molecule has 3 rings (SSSR count). The van der Waals surface area contributed by atoms with Crippen LogP contribution in [0.3, 0.4) is 0 Å². The lowest BCUT2D eigenvalue weighted by molar-refractivity contribution is -0.123. The van der Waals surface area contributed by atoms with E-state index in [2.05, 4.69) is 10.3 Å². The van der Waals surface area contributed by atoms with Crippen LogP contribution < -0.4 is 10.2 Å². The zero-order chi connectivity index (χ0) is 17.6. The van der Waals surface area contributed by atoms with Crippen molar-refractivity contribution in [2.45, 2.75) is 25.4 Å². The molecule has 1 aromatic heterocycles. The van der Waals surface area contributed by atoms with E-state index in [0.29, 0.717) is 19.5 Å². The predicted octanol–water partition coefficient (Wildman–Crippen LogP) is 2.42. The lowest BCUT2D eigenvalue weighted by Gasteiger charge is -2.36. The molecule has 1 fully saturated rings. The fourth-order valence-corrected chi connectivity index (χ4v) is 3.02. The Morgan fingerprint density at radius 2 is 1.96 bits per heavy atom. The van der Waals surface area contributed by atoms with Crippen LogP contribution >= 0.6 is 0 Å². The van der Waals surface area contributed by atoms with Crippen LogP contribution in [0.2, 0.25) is 0 Å². The summed E-state index contributed by atoms with van der Waals surface area (Å²) in [6.07, 6.45) is 4.93. The summed E-state index contributed by atoms with van der Waals surface area (Å²) in [5, 5.41) is 2.86.